The summed E-state index contributed by atoms with van der Waals surface area (Å²) >= 11 is 0. The Hall–Kier alpha value is -1.30. The summed E-state index contributed by atoms with van der Waals surface area (Å²) in [5.74, 6) is -0.929. The second kappa shape index (κ2) is 6.23. The summed E-state index contributed by atoms with van der Waals surface area (Å²) in [7, 11) is 0. The maximum atomic E-state index is 11.8. The van der Waals surface area contributed by atoms with Gasteiger partial charge < -0.3 is 20.5 Å². The van der Waals surface area contributed by atoms with Gasteiger partial charge in [0.1, 0.15) is 0 Å². The quantitative estimate of drug-likeness (QED) is 0.705. The fraction of sp³-hybridized carbons (Fsp3) is 0.846. The van der Waals surface area contributed by atoms with Crippen molar-refractivity contribution >= 4 is 12.0 Å². The standard InChI is InChI=1S/C13H24N2O4/c1-12(2,8-10(16)17)15-11(18)14-9-13(3)4-6-19-7-5-13/h4-9H2,1-3H3,(H,16,17)(H2,14,15,18). The number of amides is 2. The van der Waals surface area contributed by atoms with Gasteiger partial charge in [0.25, 0.3) is 0 Å². The molecule has 1 saturated heterocycles. The van der Waals surface area contributed by atoms with Crippen molar-refractivity contribution in [2.24, 2.45) is 5.41 Å². The summed E-state index contributed by atoms with van der Waals surface area (Å²) in [5, 5.41) is 14.3. The highest BCUT2D eigenvalue weighted by atomic mass is 16.5. The molecule has 0 saturated carbocycles. The van der Waals surface area contributed by atoms with Crippen LogP contribution in [0.15, 0.2) is 0 Å². The Labute approximate surface area is 113 Å². The number of aliphatic carboxylic acids is 1. The number of carboxylic acids is 1. The number of rotatable bonds is 5. The van der Waals surface area contributed by atoms with E-state index >= 15 is 0 Å². The van der Waals surface area contributed by atoms with Crippen molar-refractivity contribution in [3.05, 3.63) is 0 Å². The van der Waals surface area contributed by atoms with Crippen LogP contribution in [0.5, 0.6) is 0 Å². The van der Waals surface area contributed by atoms with Crippen LogP contribution >= 0.6 is 0 Å². The third-order valence-electron chi connectivity index (χ3n) is 3.42. The first-order valence-electron chi connectivity index (χ1n) is 6.58. The molecule has 0 atom stereocenters. The molecule has 1 rings (SSSR count). The van der Waals surface area contributed by atoms with E-state index < -0.39 is 11.5 Å². The summed E-state index contributed by atoms with van der Waals surface area (Å²) in [6, 6.07) is -0.320. The van der Waals surface area contributed by atoms with Crippen molar-refractivity contribution < 1.29 is 19.4 Å². The minimum atomic E-state index is -0.929. The molecule has 2 amide bonds. The van der Waals surface area contributed by atoms with Crippen LogP contribution in [0.3, 0.4) is 0 Å². The van der Waals surface area contributed by atoms with Crippen molar-refractivity contribution in [1.82, 2.24) is 10.6 Å². The average molecular weight is 272 g/mol. The highest BCUT2D eigenvalue weighted by Gasteiger charge is 2.29. The number of nitrogens with one attached hydrogen (secondary N) is 2. The lowest BCUT2D eigenvalue weighted by Crippen LogP contribution is -2.51. The minimum absolute atomic E-state index is 0.0620. The van der Waals surface area contributed by atoms with Gasteiger partial charge in [0, 0.05) is 25.3 Å². The topological polar surface area (TPSA) is 87.7 Å². The van der Waals surface area contributed by atoms with E-state index in [1.165, 1.54) is 0 Å². The number of ether oxygens (including phenoxy) is 1. The normalized spacial score (nSPS) is 18.7. The third-order valence-corrected chi connectivity index (χ3v) is 3.42. The second-order valence-corrected chi connectivity index (χ2v) is 6.19. The summed E-state index contributed by atoms with van der Waals surface area (Å²) in [6.07, 6.45) is 1.74. The van der Waals surface area contributed by atoms with E-state index in [1.54, 1.807) is 13.8 Å². The molecule has 0 spiro atoms. The largest absolute Gasteiger partial charge is 0.481 e. The molecule has 0 aliphatic carbocycles. The van der Waals surface area contributed by atoms with Crippen LogP contribution in [0.2, 0.25) is 0 Å². The molecule has 19 heavy (non-hydrogen) atoms. The van der Waals surface area contributed by atoms with E-state index in [2.05, 4.69) is 17.6 Å². The van der Waals surface area contributed by atoms with E-state index in [4.69, 9.17) is 9.84 Å². The van der Waals surface area contributed by atoms with Gasteiger partial charge in [-0.15, -0.1) is 0 Å². The number of carboxylic acid groups (broad SMARTS) is 1. The van der Waals surface area contributed by atoms with Crippen LogP contribution in [-0.2, 0) is 9.53 Å². The molecule has 6 nitrogen and oxygen atoms in total. The molecule has 1 aliphatic heterocycles. The fourth-order valence-corrected chi connectivity index (χ4v) is 2.11. The number of hydrogen-bond donors (Lipinski definition) is 3. The van der Waals surface area contributed by atoms with Crippen molar-refractivity contribution in [3.8, 4) is 0 Å². The molecule has 0 aromatic carbocycles. The fourth-order valence-electron chi connectivity index (χ4n) is 2.11. The Morgan fingerprint density at radius 1 is 1.32 bits per heavy atom. The maximum Gasteiger partial charge on any atom is 0.315 e. The Morgan fingerprint density at radius 2 is 1.89 bits per heavy atom. The van der Waals surface area contributed by atoms with Crippen LogP contribution in [0, 0.1) is 5.41 Å². The first kappa shape index (κ1) is 15.8. The van der Waals surface area contributed by atoms with Crippen LogP contribution < -0.4 is 10.6 Å². The van der Waals surface area contributed by atoms with Gasteiger partial charge in [0.05, 0.1) is 6.42 Å². The first-order valence-corrected chi connectivity index (χ1v) is 6.58. The molecule has 1 heterocycles. The summed E-state index contributed by atoms with van der Waals surface area (Å²) < 4.78 is 5.30. The van der Waals surface area contributed by atoms with Gasteiger partial charge >= 0.3 is 12.0 Å². The SMILES string of the molecule is CC1(CNC(=O)NC(C)(C)CC(=O)O)CCOCC1. The van der Waals surface area contributed by atoms with Crippen molar-refractivity contribution in [2.75, 3.05) is 19.8 Å². The lowest BCUT2D eigenvalue weighted by atomic mass is 9.82. The molecule has 0 bridgehead atoms. The molecule has 1 fully saturated rings. The van der Waals surface area contributed by atoms with Gasteiger partial charge in [-0.25, -0.2) is 4.79 Å². The highest BCUT2D eigenvalue weighted by Crippen LogP contribution is 2.28. The van der Waals surface area contributed by atoms with Crippen molar-refractivity contribution in [1.29, 1.82) is 0 Å². The molecule has 0 aromatic rings. The van der Waals surface area contributed by atoms with Gasteiger partial charge in [0.15, 0.2) is 0 Å². The predicted molar refractivity (Wildman–Crippen MR) is 71.0 cm³/mol. The molecule has 0 unspecified atom stereocenters. The Bertz CT molecular complexity index is 336. The van der Waals surface area contributed by atoms with Crippen LogP contribution in [0.1, 0.15) is 40.0 Å². The van der Waals surface area contributed by atoms with Crippen LogP contribution in [0.4, 0.5) is 4.79 Å². The van der Waals surface area contributed by atoms with Crippen LogP contribution in [0.25, 0.3) is 0 Å². The molecular weight excluding hydrogens is 248 g/mol. The van der Waals surface area contributed by atoms with E-state index in [9.17, 15) is 9.59 Å². The Morgan fingerprint density at radius 3 is 2.42 bits per heavy atom. The predicted octanol–water partition coefficient (Wildman–Crippen LogP) is 1.36. The summed E-state index contributed by atoms with van der Waals surface area (Å²) in [4.78, 5) is 22.4. The maximum absolute atomic E-state index is 11.8. The molecule has 110 valence electrons. The van der Waals surface area contributed by atoms with Crippen molar-refractivity contribution in [3.63, 3.8) is 0 Å². The van der Waals surface area contributed by atoms with Gasteiger partial charge in [-0.3, -0.25) is 4.79 Å². The molecule has 0 radical (unpaired) electrons. The smallest absolute Gasteiger partial charge is 0.315 e. The number of urea groups is 1. The minimum Gasteiger partial charge on any atom is -0.481 e. The Kier molecular flexibility index (Phi) is 5.17. The van der Waals surface area contributed by atoms with E-state index in [0.29, 0.717) is 6.54 Å². The zero-order chi connectivity index (χ0) is 14.5. The van der Waals surface area contributed by atoms with Gasteiger partial charge in [-0.1, -0.05) is 6.92 Å². The lowest BCUT2D eigenvalue weighted by Gasteiger charge is -2.34. The van der Waals surface area contributed by atoms with Crippen molar-refractivity contribution in [2.45, 2.75) is 45.6 Å². The highest BCUT2D eigenvalue weighted by molar-refractivity contribution is 5.76. The van der Waals surface area contributed by atoms with Gasteiger partial charge in [0.2, 0.25) is 0 Å². The lowest BCUT2D eigenvalue weighted by molar-refractivity contribution is -0.138. The summed E-state index contributed by atoms with van der Waals surface area (Å²) in [5.41, 5.74) is -0.695. The zero-order valence-electron chi connectivity index (χ0n) is 11.9. The summed E-state index contributed by atoms with van der Waals surface area (Å²) in [6.45, 7) is 7.53. The first-order chi connectivity index (χ1) is 8.72. The van der Waals surface area contributed by atoms with Gasteiger partial charge in [-0.05, 0) is 32.1 Å². The van der Waals surface area contributed by atoms with E-state index in [0.717, 1.165) is 26.1 Å². The zero-order valence-corrected chi connectivity index (χ0v) is 11.9. The average Bonchev–Trinajstić information content (AvgIpc) is 2.25. The number of carbonyl (C=O) groups excluding carboxylic acids is 1. The molecule has 6 heteroatoms. The molecule has 0 aromatic heterocycles. The molecule has 1 aliphatic rings. The van der Waals surface area contributed by atoms with Gasteiger partial charge in [-0.2, -0.15) is 0 Å². The molecule has 3 N–H and O–H groups in total. The number of hydrogen-bond acceptors (Lipinski definition) is 3. The second-order valence-electron chi connectivity index (χ2n) is 6.19. The molecular formula is C13H24N2O4. The van der Waals surface area contributed by atoms with Crippen LogP contribution in [-0.4, -0.2) is 42.4 Å². The number of carbonyl (C=O) groups is 2. The third kappa shape index (κ3) is 5.92. The van der Waals surface area contributed by atoms with E-state index in [1.807, 2.05) is 0 Å². The van der Waals surface area contributed by atoms with E-state index in [-0.39, 0.29) is 17.9 Å². The monoisotopic (exact) mass is 272 g/mol. The Balaban J connectivity index is 2.36.